The Labute approximate surface area is 181 Å². The normalized spacial score (nSPS) is 10.5. The third-order valence-electron chi connectivity index (χ3n) is 3.74. The van der Waals surface area contributed by atoms with E-state index in [2.05, 4.69) is 5.32 Å². The average Bonchev–Trinajstić information content (AvgIpc) is 2.75. The topological polar surface area (TPSA) is 139 Å². The molecular weight excluding hydrogens is 426 g/mol. The van der Waals surface area contributed by atoms with Crippen molar-refractivity contribution in [2.75, 3.05) is 32.1 Å². The number of aliphatic carboxylic acids is 2. The Morgan fingerprint density at radius 2 is 1.42 bits per heavy atom. The van der Waals surface area contributed by atoms with Gasteiger partial charge in [-0.2, -0.15) is 0 Å². The van der Waals surface area contributed by atoms with Crippen LogP contribution in [-0.2, 0) is 19.4 Å². The zero-order chi connectivity index (χ0) is 23.1. The van der Waals surface area contributed by atoms with Gasteiger partial charge in [-0.1, -0.05) is 30.3 Å². The van der Waals surface area contributed by atoms with Gasteiger partial charge in [0, 0.05) is 6.54 Å². The van der Waals surface area contributed by atoms with Crippen LogP contribution in [0.5, 0.6) is 11.5 Å². The lowest BCUT2D eigenvalue weighted by molar-refractivity contribution is -0.159. The summed E-state index contributed by atoms with van der Waals surface area (Å²) in [5.74, 6) is -2.06. The lowest BCUT2D eigenvalue weighted by Crippen LogP contribution is -2.24. The molecule has 0 heterocycles. The zero-order valence-electron chi connectivity index (χ0n) is 17.2. The number of hydrogen-bond donors (Lipinski definition) is 3. The molecule has 0 radical (unpaired) electrons. The highest BCUT2D eigenvalue weighted by atomic mass is 32.2. The van der Waals surface area contributed by atoms with Crippen LogP contribution in [0.2, 0.25) is 0 Å². The monoisotopic (exact) mass is 453 g/mol. The van der Waals surface area contributed by atoms with E-state index in [9.17, 15) is 8.42 Å². The third kappa shape index (κ3) is 10.5. The molecule has 31 heavy (non-hydrogen) atoms. The Kier molecular flexibility index (Phi) is 11.7. The Bertz CT molecular complexity index is 904. The zero-order valence-corrected chi connectivity index (χ0v) is 18.0. The van der Waals surface area contributed by atoms with Gasteiger partial charge in [-0.3, -0.25) is 0 Å². The molecule has 0 aromatic heterocycles. The minimum absolute atomic E-state index is 0.137. The van der Waals surface area contributed by atoms with Gasteiger partial charge in [-0.05, 0) is 44.2 Å². The van der Waals surface area contributed by atoms with Gasteiger partial charge in [0.05, 0.1) is 17.3 Å². The molecule has 0 atom stereocenters. The van der Waals surface area contributed by atoms with Gasteiger partial charge in [0.25, 0.3) is 0 Å². The second kappa shape index (κ2) is 14.0. The number of rotatable bonds is 11. The van der Waals surface area contributed by atoms with Gasteiger partial charge in [-0.25, -0.2) is 18.0 Å². The molecule has 0 aliphatic heterocycles. The predicted octanol–water partition coefficient (Wildman–Crippen LogP) is 2.07. The molecule has 170 valence electrons. The van der Waals surface area contributed by atoms with E-state index in [-0.39, 0.29) is 5.75 Å². The molecule has 10 heteroatoms. The molecule has 0 saturated heterocycles. The van der Waals surface area contributed by atoms with Crippen LogP contribution in [0, 0.1) is 0 Å². The number of carbonyl (C=O) groups is 2. The van der Waals surface area contributed by atoms with E-state index < -0.39 is 21.8 Å². The number of para-hydroxylation sites is 2. The first-order valence-electron chi connectivity index (χ1n) is 9.57. The molecule has 0 saturated carbocycles. The number of sulfone groups is 1. The Hall–Kier alpha value is -3.11. The van der Waals surface area contributed by atoms with Crippen molar-refractivity contribution in [3.8, 4) is 11.5 Å². The summed E-state index contributed by atoms with van der Waals surface area (Å²) >= 11 is 0. The highest BCUT2D eigenvalue weighted by Crippen LogP contribution is 2.26. The standard InChI is InChI=1S/C19H25NO4S.C2H2O4/c1-2-23-18-11-6-7-12-19(18)24-15-14-20-13-8-16-25(21,22)17-9-4-3-5-10-17;3-1(4)2(5)6/h3-7,9-12,20H,2,8,13-16H2,1H3;(H,3,4)(H,5,6). The minimum atomic E-state index is -3.20. The highest BCUT2D eigenvalue weighted by molar-refractivity contribution is 7.91. The van der Waals surface area contributed by atoms with Crippen molar-refractivity contribution < 1.29 is 37.7 Å². The minimum Gasteiger partial charge on any atom is -0.490 e. The van der Waals surface area contributed by atoms with Gasteiger partial charge in [-0.15, -0.1) is 0 Å². The summed E-state index contributed by atoms with van der Waals surface area (Å²) in [4.78, 5) is 18.6. The van der Waals surface area contributed by atoms with Crippen LogP contribution >= 0.6 is 0 Å². The maximum absolute atomic E-state index is 12.1. The molecule has 0 spiro atoms. The van der Waals surface area contributed by atoms with Gasteiger partial charge < -0.3 is 25.0 Å². The molecule has 9 nitrogen and oxygen atoms in total. The maximum Gasteiger partial charge on any atom is 0.414 e. The Balaban J connectivity index is 0.000000703. The van der Waals surface area contributed by atoms with Crippen molar-refractivity contribution in [2.24, 2.45) is 0 Å². The summed E-state index contributed by atoms with van der Waals surface area (Å²) in [7, 11) is -3.20. The Morgan fingerprint density at radius 1 is 0.871 bits per heavy atom. The molecule has 3 N–H and O–H groups in total. The summed E-state index contributed by atoms with van der Waals surface area (Å²) in [6.07, 6.45) is 0.562. The van der Waals surface area contributed by atoms with E-state index in [1.807, 2.05) is 37.3 Å². The Morgan fingerprint density at radius 3 is 1.97 bits per heavy atom. The number of nitrogens with one attached hydrogen (secondary N) is 1. The van der Waals surface area contributed by atoms with Crippen LogP contribution in [0.3, 0.4) is 0 Å². The lowest BCUT2D eigenvalue weighted by Gasteiger charge is -2.12. The molecule has 0 aliphatic rings. The molecular formula is C21H27NO8S. The summed E-state index contributed by atoms with van der Waals surface area (Å²) in [6.45, 7) is 4.29. The van der Waals surface area contributed by atoms with Crippen LogP contribution in [0.4, 0.5) is 0 Å². The first-order valence-corrected chi connectivity index (χ1v) is 11.2. The number of carboxylic acids is 2. The SMILES string of the molecule is CCOc1ccccc1OCCNCCCS(=O)(=O)c1ccccc1.O=C(O)C(=O)O. The van der Waals surface area contributed by atoms with Crippen molar-refractivity contribution in [1.82, 2.24) is 5.32 Å². The van der Waals surface area contributed by atoms with E-state index in [1.165, 1.54) is 0 Å². The largest absolute Gasteiger partial charge is 0.490 e. The number of ether oxygens (including phenoxy) is 2. The van der Waals surface area contributed by atoms with Crippen LogP contribution < -0.4 is 14.8 Å². The van der Waals surface area contributed by atoms with Crippen molar-refractivity contribution in [2.45, 2.75) is 18.2 Å². The highest BCUT2D eigenvalue weighted by Gasteiger charge is 2.12. The van der Waals surface area contributed by atoms with Gasteiger partial charge in [0.1, 0.15) is 6.61 Å². The van der Waals surface area contributed by atoms with Crippen molar-refractivity contribution in [3.05, 3.63) is 54.6 Å². The van der Waals surface area contributed by atoms with Gasteiger partial charge >= 0.3 is 11.9 Å². The van der Waals surface area contributed by atoms with Gasteiger partial charge in [0.2, 0.25) is 0 Å². The van der Waals surface area contributed by atoms with E-state index in [1.54, 1.807) is 24.3 Å². The number of carboxylic acid groups (broad SMARTS) is 2. The first-order chi connectivity index (χ1) is 14.8. The molecule has 0 unspecified atom stereocenters. The van der Waals surface area contributed by atoms with Crippen molar-refractivity contribution >= 4 is 21.8 Å². The predicted molar refractivity (Wildman–Crippen MR) is 114 cm³/mol. The van der Waals surface area contributed by atoms with Crippen LogP contribution in [0.15, 0.2) is 59.5 Å². The number of benzene rings is 2. The van der Waals surface area contributed by atoms with Crippen molar-refractivity contribution in [3.63, 3.8) is 0 Å². The molecule has 2 rings (SSSR count). The number of hydrogen-bond acceptors (Lipinski definition) is 7. The van der Waals surface area contributed by atoms with E-state index in [0.717, 1.165) is 11.5 Å². The molecule has 2 aromatic carbocycles. The fourth-order valence-corrected chi connectivity index (χ4v) is 3.67. The first kappa shape index (κ1) is 25.9. The van der Waals surface area contributed by atoms with E-state index in [4.69, 9.17) is 29.3 Å². The molecule has 0 bridgehead atoms. The van der Waals surface area contributed by atoms with Crippen molar-refractivity contribution in [1.29, 1.82) is 0 Å². The second-order valence-corrected chi connectivity index (χ2v) is 8.18. The van der Waals surface area contributed by atoms with E-state index >= 15 is 0 Å². The van der Waals surface area contributed by atoms with Gasteiger partial charge in [0.15, 0.2) is 21.3 Å². The average molecular weight is 454 g/mol. The second-order valence-electron chi connectivity index (χ2n) is 6.07. The summed E-state index contributed by atoms with van der Waals surface area (Å²) in [5.41, 5.74) is 0. The van der Waals surface area contributed by atoms with Crippen LogP contribution in [-0.4, -0.2) is 62.6 Å². The fraction of sp³-hybridized carbons (Fsp3) is 0.333. The summed E-state index contributed by atoms with van der Waals surface area (Å²) in [5, 5.41) is 18.0. The molecule has 0 fully saturated rings. The molecule has 0 amide bonds. The summed E-state index contributed by atoms with van der Waals surface area (Å²) in [6, 6.07) is 16.1. The lowest BCUT2D eigenvalue weighted by atomic mass is 10.3. The molecule has 0 aliphatic carbocycles. The van der Waals surface area contributed by atoms with E-state index in [0.29, 0.717) is 37.6 Å². The summed E-state index contributed by atoms with van der Waals surface area (Å²) < 4.78 is 35.5. The van der Waals surface area contributed by atoms with Crippen LogP contribution in [0.1, 0.15) is 13.3 Å². The maximum atomic E-state index is 12.1. The quantitative estimate of drug-likeness (QED) is 0.344. The molecule has 2 aromatic rings. The third-order valence-corrected chi connectivity index (χ3v) is 5.55. The smallest absolute Gasteiger partial charge is 0.414 e. The fourth-order valence-electron chi connectivity index (χ4n) is 2.34. The van der Waals surface area contributed by atoms with Crippen LogP contribution in [0.25, 0.3) is 0 Å².